The number of nitriles is 1. The smallest absolute Gasteiger partial charge is 0.250 e. The van der Waals surface area contributed by atoms with Gasteiger partial charge in [0.15, 0.2) is 0 Å². The molecule has 0 heterocycles. The molecule has 0 aliphatic carbocycles. The minimum Gasteiger partial charge on any atom is -0.362 e. The lowest BCUT2D eigenvalue weighted by atomic mass is 10.2. The van der Waals surface area contributed by atoms with Crippen LogP contribution in [0.15, 0.2) is 54.6 Å². The maximum absolute atomic E-state index is 11.7. The molecule has 6 heteroatoms. The molecule has 2 aromatic carbocycles. The van der Waals surface area contributed by atoms with Crippen LogP contribution in [0.4, 0.5) is 11.4 Å². The number of carbonyl (C=O) groups excluding carboxylic acids is 2. The van der Waals surface area contributed by atoms with Crippen molar-refractivity contribution in [3.8, 4) is 6.07 Å². The molecule has 0 bridgehead atoms. The van der Waals surface area contributed by atoms with Gasteiger partial charge < -0.3 is 15.4 Å². The molecule has 0 spiro atoms. The van der Waals surface area contributed by atoms with Crippen molar-refractivity contribution in [3.63, 3.8) is 0 Å². The van der Waals surface area contributed by atoms with E-state index in [9.17, 15) is 9.59 Å². The number of amides is 2. The summed E-state index contributed by atoms with van der Waals surface area (Å²) in [5.41, 5.74) is 1.74. The van der Waals surface area contributed by atoms with E-state index in [2.05, 4.69) is 10.6 Å². The Bertz CT molecular complexity index is 706. The zero-order chi connectivity index (χ0) is 16.5. The van der Waals surface area contributed by atoms with Crippen molar-refractivity contribution in [2.45, 2.75) is 0 Å². The number of hydrogen-bond donors (Lipinski definition) is 2. The van der Waals surface area contributed by atoms with Crippen LogP contribution in [-0.2, 0) is 14.3 Å². The van der Waals surface area contributed by atoms with Crippen molar-refractivity contribution < 1.29 is 14.3 Å². The molecule has 0 aliphatic rings. The van der Waals surface area contributed by atoms with Crippen molar-refractivity contribution >= 4 is 23.2 Å². The Morgan fingerprint density at radius 1 is 0.870 bits per heavy atom. The summed E-state index contributed by atoms with van der Waals surface area (Å²) in [6, 6.07) is 17.4. The number of anilines is 2. The molecule has 0 aromatic heterocycles. The molecule has 2 rings (SSSR count). The van der Waals surface area contributed by atoms with Gasteiger partial charge in [-0.25, -0.2) is 0 Å². The van der Waals surface area contributed by atoms with Crippen molar-refractivity contribution in [2.75, 3.05) is 23.8 Å². The fourth-order valence-electron chi connectivity index (χ4n) is 1.78. The lowest BCUT2D eigenvalue weighted by Gasteiger charge is -2.07. The first-order chi connectivity index (χ1) is 11.2. The zero-order valence-electron chi connectivity index (χ0n) is 12.3. The number of carbonyl (C=O) groups is 2. The van der Waals surface area contributed by atoms with Crippen molar-refractivity contribution in [1.29, 1.82) is 5.26 Å². The summed E-state index contributed by atoms with van der Waals surface area (Å²) >= 11 is 0. The number of benzene rings is 2. The summed E-state index contributed by atoms with van der Waals surface area (Å²) in [6.45, 7) is -0.447. The number of nitrogens with zero attached hydrogens (tertiary/aromatic N) is 1. The number of ether oxygens (including phenoxy) is 1. The van der Waals surface area contributed by atoms with Crippen LogP contribution >= 0.6 is 0 Å². The molecule has 2 N–H and O–H groups in total. The van der Waals surface area contributed by atoms with E-state index < -0.39 is 0 Å². The van der Waals surface area contributed by atoms with Gasteiger partial charge in [0.2, 0.25) is 11.8 Å². The third kappa shape index (κ3) is 5.61. The maximum Gasteiger partial charge on any atom is 0.250 e. The van der Waals surface area contributed by atoms with Crippen molar-refractivity contribution in [3.05, 3.63) is 60.2 Å². The monoisotopic (exact) mass is 309 g/mol. The minimum atomic E-state index is -0.373. The first kappa shape index (κ1) is 16.2. The lowest BCUT2D eigenvalue weighted by Crippen LogP contribution is -2.23. The highest BCUT2D eigenvalue weighted by atomic mass is 16.5. The SMILES string of the molecule is N#Cc1ccc(NC(=O)COCC(=O)Nc2ccccc2)cc1. The molecule has 0 aliphatic heterocycles. The maximum atomic E-state index is 11.7. The van der Waals surface area contributed by atoms with Gasteiger partial charge in [0.25, 0.3) is 0 Å². The molecule has 2 amide bonds. The van der Waals surface area contributed by atoms with Crippen LogP contribution in [0.5, 0.6) is 0 Å². The van der Waals surface area contributed by atoms with E-state index in [1.807, 2.05) is 24.3 Å². The molecule has 0 radical (unpaired) electrons. The molecule has 0 unspecified atom stereocenters. The average Bonchev–Trinajstić information content (AvgIpc) is 2.56. The Kier molecular flexibility index (Phi) is 5.86. The van der Waals surface area contributed by atoms with Crippen LogP contribution < -0.4 is 10.6 Å². The Labute approximate surface area is 133 Å². The molecule has 0 atom stereocenters. The Morgan fingerprint density at radius 3 is 1.91 bits per heavy atom. The summed E-state index contributed by atoms with van der Waals surface area (Å²) < 4.78 is 5.07. The van der Waals surface area contributed by atoms with E-state index in [4.69, 9.17) is 10.00 Å². The zero-order valence-corrected chi connectivity index (χ0v) is 12.3. The summed E-state index contributed by atoms with van der Waals surface area (Å²) in [5.74, 6) is -0.704. The largest absolute Gasteiger partial charge is 0.362 e. The van der Waals surface area contributed by atoms with Crippen LogP contribution in [0.2, 0.25) is 0 Å². The number of rotatable bonds is 6. The average molecular weight is 309 g/mol. The molecule has 0 saturated carbocycles. The first-order valence-electron chi connectivity index (χ1n) is 6.90. The summed E-state index contributed by atoms with van der Waals surface area (Å²) in [6.07, 6.45) is 0. The quantitative estimate of drug-likeness (QED) is 0.855. The summed E-state index contributed by atoms with van der Waals surface area (Å²) in [7, 11) is 0. The van der Waals surface area contributed by atoms with Gasteiger partial charge in [-0.05, 0) is 36.4 Å². The fraction of sp³-hybridized carbons (Fsp3) is 0.118. The van der Waals surface area contributed by atoms with Gasteiger partial charge in [-0.2, -0.15) is 5.26 Å². The van der Waals surface area contributed by atoms with Crippen molar-refractivity contribution in [2.24, 2.45) is 0 Å². The van der Waals surface area contributed by atoms with Gasteiger partial charge in [0.05, 0.1) is 11.6 Å². The van der Waals surface area contributed by atoms with Crippen LogP contribution in [0.1, 0.15) is 5.56 Å². The van der Waals surface area contributed by atoms with Gasteiger partial charge in [-0.3, -0.25) is 9.59 Å². The Balaban J connectivity index is 1.70. The molecule has 116 valence electrons. The van der Waals surface area contributed by atoms with E-state index in [-0.39, 0.29) is 25.0 Å². The summed E-state index contributed by atoms with van der Waals surface area (Å²) in [5, 5.41) is 14.0. The molecule has 6 nitrogen and oxygen atoms in total. The second-order valence-electron chi connectivity index (χ2n) is 4.64. The van der Waals surface area contributed by atoms with Gasteiger partial charge >= 0.3 is 0 Å². The predicted octanol–water partition coefficient (Wildman–Crippen LogP) is 2.15. The molecule has 23 heavy (non-hydrogen) atoms. The minimum absolute atomic E-state index is 0.213. The Hall–Kier alpha value is -3.17. The van der Waals surface area contributed by atoms with Gasteiger partial charge in [-0.15, -0.1) is 0 Å². The number of hydrogen-bond acceptors (Lipinski definition) is 4. The molecular weight excluding hydrogens is 294 g/mol. The molecule has 2 aromatic rings. The van der Waals surface area contributed by atoms with E-state index >= 15 is 0 Å². The molecule has 0 saturated heterocycles. The van der Waals surface area contributed by atoms with Crippen LogP contribution in [0, 0.1) is 11.3 Å². The second-order valence-corrected chi connectivity index (χ2v) is 4.64. The highest BCUT2D eigenvalue weighted by Gasteiger charge is 2.06. The highest BCUT2D eigenvalue weighted by molar-refractivity contribution is 5.93. The first-order valence-corrected chi connectivity index (χ1v) is 6.90. The van der Waals surface area contributed by atoms with E-state index in [0.29, 0.717) is 16.9 Å². The van der Waals surface area contributed by atoms with Gasteiger partial charge in [0, 0.05) is 11.4 Å². The predicted molar refractivity (Wildman–Crippen MR) is 85.7 cm³/mol. The standard InChI is InChI=1S/C17H15N3O3/c18-10-13-6-8-15(9-7-13)20-17(22)12-23-11-16(21)19-14-4-2-1-3-5-14/h1-9H,11-12H2,(H,19,21)(H,20,22). The highest BCUT2D eigenvalue weighted by Crippen LogP contribution is 2.08. The second kappa shape index (κ2) is 8.32. The lowest BCUT2D eigenvalue weighted by molar-refractivity contribution is -0.125. The normalized spacial score (nSPS) is 9.70. The molecule has 0 fully saturated rings. The van der Waals surface area contributed by atoms with Crippen LogP contribution in [0.3, 0.4) is 0 Å². The third-order valence-corrected chi connectivity index (χ3v) is 2.82. The van der Waals surface area contributed by atoms with Crippen LogP contribution in [-0.4, -0.2) is 25.0 Å². The van der Waals surface area contributed by atoms with E-state index in [1.165, 1.54) is 0 Å². The van der Waals surface area contributed by atoms with Crippen LogP contribution in [0.25, 0.3) is 0 Å². The topological polar surface area (TPSA) is 91.2 Å². The van der Waals surface area contributed by atoms with Gasteiger partial charge in [0.1, 0.15) is 13.2 Å². The molecular formula is C17H15N3O3. The van der Waals surface area contributed by atoms with Crippen molar-refractivity contribution in [1.82, 2.24) is 0 Å². The van der Waals surface area contributed by atoms with E-state index in [1.54, 1.807) is 36.4 Å². The fourth-order valence-corrected chi connectivity index (χ4v) is 1.78. The summed E-state index contributed by atoms with van der Waals surface area (Å²) in [4.78, 5) is 23.3. The van der Waals surface area contributed by atoms with Gasteiger partial charge in [-0.1, -0.05) is 18.2 Å². The number of para-hydroxylation sites is 1. The third-order valence-electron chi connectivity index (χ3n) is 2.82. The number of nitrogens with one attached hydrogen (secondary N) is 2. The van der Waals surface area contributed by atoms with E-state index in [0.717, 1.165) is 0 Å². The Morgan fingerprint density at radius 2 is 1.39 bits per heavy atom.